The lowest BCUT2D eigenvalue weighted by Gasteiger charge is -2.35. The zero-order chi connectivity index (χ0) is 16.7. The maximum absolute atomic E-state index is 12.6. The van der Waals surface area contributed by atoms with E-state index in [4.69, 9.17) is 9.47 Å². The van der Waals surface area contributed by atoms with Gasteiger partial charge in [0.05, 0.1) is 18.6 Å². The van der Waals surface area contributed by atoms with Gasteiger partial charge in [0, 0.05) is 11.6 Å². The van der Waals surface area contributed by atoms with Crippen LogP contribution in [-0.4, -0.2) is 45.4 Å². The van der Waals surface area contributed by atoms with E-state index in [1.54, 1.807) is 7.11 Å². The molecule has 136 valence electrons. The van der Waals surface area contributed by atoms with Gasteiger partial charge in [-0.2, -0.15) is 0 Å². The van der Waals surface area contributed by atoms with Crippen LogP contribution in [0.15, 0.2) is 28.7 Å². The fraction of sp³-hybridized carbons (Fsp3) is 0.588. The second kappa shape index (κ2) is 10.2. The molecule has 0 saturated carbocycles. The predicted molar refractivity (Wildman–Crippen MR) is 101 cm³/mol. The van der Waals surface area contributed by atoms with Crippen LogP contribution in [0, 0.1) is 5.41 Å². The standard InChI is InChI=1S/C17H25BrN2O3.ClH/c1-13(23-15-5-3-4-14(18)10-15)11-20-16(21)17(12-22-2)6-8-19-9-7-17;/h3-5,10,13,19H,6-9,11-12H2,1-2H3,(H,20,21);1H. The highest BCUT2D eigenvalue weighted by atomic mass is 79.9. The van der Waals surface area contributed by atoms with Gasteiger partial charge >= 0.3 is 0 Å². The number of rotatable bonds is 7. The van der Waals surface area contributed by atoms with E-state index < -0.39 is 5.41 Å². The lowest BCUT2D eigenvalue weighted by Crippen LogP contribution is -2.51. The Balaban J connectivity index is 0.00000288. The molecule has 0 bridgehead atoms. The van der Waals surface area contributed by atoms with Gasteiger partial charge in [-0.05, 0) is 51.1 Å². The number of benzene rings is 1. The summed E-state index contributed by atoms with van der Waals surface area (Å²) < 4.78 is 12.1. The minimum atomic E-state index is -0.421. The average molecular weight is 422 g/mol. The third-order valence-electron chi connectivity index (χ3n) is 4.15. The molecule has 1 aliphatic heterocycles. The summed E-state index contributed by atoms with van der Waals surface area (Å²) in [6.45, 7) is 4.58. The van der Waals surface area contributed by atoms with Crippen LogP contribution in [0.2, 0.25) is 0 Å². The number of carbonyl (C=O) groups excluding carboxylic acids is 1. The molecule has 1 aromatic rings. The van der Waals surface area contributed by atoms with E-state index in [9.17, 15) is 4.79 Å². The maximum atomic E-state index is 12.6. The molecule has 1 unspecified atom stereocenters. The fourth-order valence-electron chi connectivity index (χ4n) is 2.86. The van der Waals surface area contributed by atoms with Crippen molar-refractivity contribution in [3.05, 3.63) is 28.7 Å². The van der Waals surface area contributed by atoms with Crippen LogP contribution >= 0.6 is 28.3 Å². The molecule has 1 aromatic carbocycles. The molecule has 1 amide bonds. The van der Waals surface area contributed by atoms with E-state index in [1.807, 2.05) is 31.2 Å². The molecule has 1 fully saturated rings. The first-order valence-corrected chi connectivity index (χ1v) is 8.75. The van der Waals surface area contributed by atoms with E-state index in [0.717, 1.165) is 36.2 Å². The van der Waals surface area contributed by atoms with E-state index >= 15 is 0 Å². The first-order valence-electron chi connectivity index (χ1n) is 7.96. The number of nitrogens with one attached hydrogen (secondary N) is 2. The van der Waals surface area contributed by atoms with Crippen LogP contribution in [0.4, 0.5) is 0 Å². The molecular weight excluding hydrogens is 396 g/mol. The number of halogens is 2. The molecule has 0 radical (unpaired) electrons. The van der Waals surface area contributed by atoms with Crippen LogP contribution in [-0.2, 0) is 9.53 Å². The highest BCUT2D eigenvalue weighted by molar-refractivity contribution is 9.10. The highest BCUT2D eigenvalue weighted by Gasteiger charge is 2.39. The zero-order valence-electron chi connectivity index (χ0n) is 14.1. The first kappa shape index (κ1) is 21.2. The molecular formula is C17H26BrClN2O3. The molecule has 7 heteroatoms. The largest absolute Gasteiger partial charge is 0.489 e. The lowest BCUT2D eigenvalue weighted by atomic mass is 9.78. The van der Waals surface area contributed by atoms with E-state index in [1.165, 1.54) is 0 Å². The van der Waals surface area contributed by atoms with Gasteiger partial charge < -0.3 is 20.1 Å². The second-order valence-electron chi connectivity index (χ2n) is 6.06. The number of piperidine rings is 1. The zero-order valence-corrected chi connectivity index (χ0v) is 16.5. The van der Waals surface area contributed by atoms with Crippen molar-refractivity contribution >= 4 is 34.2 Å². The summed E-state index contributed by atoms with van der Waals surface area (Å²) in [5.74, 6) is 0.847. The smallest absolute Gasteiger partial charge is 0.228 e. The number of hydrogen-bond donors (Lipinski definition) is 2. The number of carbonyl (C=O) groups is 1. The molecule has 2 N–H and O–H groups in total. The average Bonchev–Trinajstić information content (AvgIpc) is 2.54. The summed E-state index contributed by atoms with van der Waals surface area (Å²) in [7, 11) is 1.65. The minimum Gasteiger partial charge on any atom is -0.489 e. The van der Waals surface area contributed by atoms with Gasteiger partial charge in [-0.3, -0.25) is 4.79 Å². The summed E-state index contributed by atoms with van der Waals surface area (Å²) in [5.41, 5.74) is -0.421. The van der Waals surface area contributed by atoms with Crippen LogP contribution in [0.5, 0.6) is 5.75 Å². The number of ether oxygens (including phenoxy) is 2. The Hall–Kier alpha value is -0.820. The Labute approximate surface area is 158 Å². The van der Waals surface area contributed by atoms with Crippen LogP contribution in [0.25, 0.3) is 0 Å². The van der Waals surface area contributed by atoms with Gasteiger partial charge in [-0.25, -0.2) is 0 Å². The maximum Gasteiger partial charge on any atom is 0.228 e. The molecule has 0 spiro atoms. The van der Waals surface area contributed by atoms with Gasteiger partial charge in [-0.1, -0.05) is 22.0 Å². The van der Waals surface area contributed by atoms with Crippen molar-refractivity contribution in [3.63, 3.8) is 0 Å². The van der Waals surface area contributed by atoms with Crippen molar-refractivity contribution in [2.24, 2.45) is 5.41 Å². The number of amides is 1. The number of methoxy groups -OCH3 is 1. The summed E-state index contributed by atoms with van der Waals surface area (Å²) in [4.78, 5) is 12.6. The van der Waals surface area contributed by atoms with E-state index in [-0.39, 0.29) is 24.4 Å². The molecule has 0 aliphatic carbocycles. The van der Waals surface area contributed by atoms with Gasteiger partial charge in [0.25, 0.3) is 0 Å². The third-order valence-corrected chi connectivity index (χ3v) is 4.64. The monoisotopic (exact) mass is 420 g/mol. The Morgan fingerprint density at radius 3 is 2.75 bits per heavy atom. The van der Waals surface area contributed by atoms with Crippen LogP contribution in [0.1, 0.15) is 19.8 Å². The van der Waals surface area contributed by atoms with E-state index in [2.05, 4.69) is 26.6 Å². The SMILES string of the molecule is COCC1(C(=O)NCC(C)Oc2cccc(Br)c2)CCNCC1.Cl. The van der Waals surface area contributed by atoms with Gasteiger partial charge in [-0.15, -0.1) is 12.4 Å². The van der Waals surface area contributed by atoms with Gasteiger partial charge in [0.2, 0.25) is 5.91 Å². The number of hydrogen-bond acceptors (Lipinski definition) is 4. The van der Waals surface area contributed by atoms with Crippen molar-refractivity contribution in [1.29, 1.82) is 0 Å². The Bertz CT molecular complexity index is 519. The molecule has 24 heavy (non-hydrogen) atoms. The van der Waals surface area contributed by atoms with Crippen molar-refractivity contribution < 1.29 is 14.3 Å². The first-order chi connectivity index (χ1) is 11.1. The Morgan fingerprint density at radius 1 is 1.42 bits per heavy atom. The van der Waals surface area contributed by atoms with Crippen molar-refractivity contribution in [3.8, 4) is 5.75 Å². The summed E-state index contributed by atoms with van der Waals surface area (Å²) in [6.07, 6.45) is 1.50. The van der Waals surface area contributed by atoms with Gasteiger partial charge in [0.15, 0.2) is 0 Å². The summed E-state index contributed by atoms with van der Waals surface area (Å²) in [5, 5.41) is 6.32. The van der Waals surface area contributed by atoms with E-state index in [0.29, 0.717) is 13.2 Å². The Morgan fingerprint density at radius 2 is 2.12 bits per heavy atom. The normalized spacial score (nSPS) is 17.5. The topological polar surface area (TPSA) is 59.6 Å². The highest BCUT2D eigenvalue weighted by Crippen LogP contribution is 2.29. The van der Waals surface area contributed by atoms with Crippen LogP contribution in [0.3, 0.4) is 0 Å². The van der Waals surface area contributed by atoms with Crippen molar-refractivity contribution in [1.82, 2.24) is 10.6 Å². The Kier molecular flexibility index (Phi) is 9.05. The molecule has 1 aliphatic rings. The van der Waals surface area contributed by atoms with Crippen LogP contribution < -0.4 is 15.4 Å². The molecule has 1 heterocycles. The van der Waals surface area contributed by atoms with Gasteiger partial charge in [0.1, 0.15) is 11.9 Å². The molecule has 1 atom stereocenters. The summed E-state index contributed by atoms with van der Waals surface area (Å²) >= 11 is 3.42. The molecule has 2 rings (SSSR count). The molecule has 5 nitrogen and oxygen atoms in total. The predicted octanol–water partition coefficient (Wildman–Crippen LogP) is 2.77. The van der Waals surface area contributed by atoms with Crippen molar-refractivity contribution in [2.75, 3.05) is 33.4 Å². The molecule has 0 aromatic heterocycles. The molecule has 1 saturated heterocycles. The fourth-order valence-corrected chi connectivity index (χ4v) is 3.24. The third kappa shape index (κ3) is 5.92. The second-order valence-corrected chi connectivity index (χ2v) is 6.97. The summed E-state index contributed by atoms with van der Waals surface area (Å²) in [6, 6.07) is 7.69. The lowest BCUT2D eigenvalue weighted by molar-refractivity contribution is -0.136. The quantitative estimate of drug-likeness (QED) is 0.711. The minimum absolute atomic E-state index is 0. The van der Waals surface area contributed by atoms with Crippen molar-refractivity contribution in [2.45, 2.75) is 25.9 Å².